The van der Waals surface area contributed by atoms with Crippen molar-refractivity contribution in [3.8, 4) is 0 Å². The highest BCUT2D eigenvalue weighted by molar-refractivity contribution is 5.80. The number of rotatable bonds is 7. The molecule has 1 aliphatic carbocycles. The standard InChI is InChI=1S/C14H25NO4/c1-14(13(16)17-2,15-11-3-4-11)7-10-19-12-5-8-18-9-6-12/h11-12,15H,3-10H2,1-2H3. The van der Waals surface area contributed by atoms with E-state index in [-0.39, 0.29) is 12.1 Å². The second-order valence-electron chi connectivity index (χ2n) is 5.67. The van der Waals surface area contributed by atoms with Gasteiger partial charge in [-0.25, -0.2) is 0 Å². The van der Waals surface area contributed by atoms with Crippen LogP contribution in [-0.2, 0) is 19.0 Å². The minimum atomic E-state index is -0.624. The predicted molar refractivity (Wildman–Crippen MR) is 71.0 cm³/mol. The number of carbonyl (C=O) groups excluding carboxylic acids is 1. The average molecular weight is 271 g/mol. The summed E-state index contributed by atoms with van der Waals surface area (Å²) in [5.41, 5.74) is -0.624. The van der Waals surface area contributed by atoms with Gasteiger partial charge in [-0.05, 0) is 39.0 Å². The van der Waals surface area contributed by atoms with Crippen LogP contribution in [0.15, 0.2) is 0 Å². The molecular formula is C14H25NO4. The first-order chi connectivity index (χ1) is 9.14. The van der Waals surface area contributed by atoms with Crippen molar-refractivity contribution >= 4 is 5.97 Å². The van der Waals surface area contributed by atoms with Crippen molar-refractivity contribution in [2.24, 2.45) is 0 Å². The smallest absolute Gasteiger partial charge is 0.325 e. The first kappa shape index (κ1) is 14.8. The lowest BCUT2D eigenvalue weighted by atomic mass is 9.98. The summed E-state index contributed by atoms with van der Waals surface area (Å²) in [4.78, 5) is 11.9. The van der Waals surface area contributed by atoms with Crippen LogP contribution in [0.5, 0.6) is 0 Å². The van der Waals surface area contributed by atoms with Crippen LogP contribution in [0.2, 0.25) is 0 Å². The number of ether oxygens (including phenoxy) is 3. The number of methoxy groups -OCH3 is 1. The van der Waals surface area contributed by atoms with Crippen molar-refractivity contribution in [1.29, 1.82) is 0 Å². The van der Waals surface area contributed by atoms with Crippen LogP contribution in [-0.4, -0.2) is 50.6 Å². The SMILES string of the molecule is COC(=O)C(C)(CCOC1CCOCC1)NC1CC1. The number of nitrogens with one attached hydrogen (secondary N) is 1. The Bertz CT molecular complexity index is 300. The van der Waals surface area contributed by atoms with Crippen LogP contribution >= 0.6 is 0 Å². The summed E-state index contributed by atoms with van der Waals surface area (Å²) in [6.45, 7) is 4.04. The van der Waals surface area contributed by atoms with Gasteiger partial charge < -0.3 is 14.2 Å². The Kier molecular flexibility index (Phi) is 5.19. The Labute approximate surface area is 115 Å². The normalized spacial score (nSPS) is 23.9. The maximum Gasteiger partial charge on any atom is 0.325 e. The zero-order valence-corrected chi connectivity index (χ0v) is 11.9. The Balaban J connectivity index is 1.76. The molecule has 0 spiro atoms. The zero-order valence-electron chi connectivity index (χ0n) is 11.9. The van der Waals surface area contributed by atoms with Crippen molar-refractivity contribution in [3.05, 3.63) is 0 Å². The third-order valence-electron chi connectivity index (χ3n) is 3.86. The van der Waals surface area contributed by atoms with E-state index >= 15 is 0 Å². The molecule has 0 bridgehead atoms. The van der Waals surface area contributed by atoms with Gasteiger partial charge in [0.2, 0.25) is 0 Å². The van der Waals surface area contributed by atoms with Gasteiger partial charge >= 0.3 is 5.97 Å². The minimum Gasteiger partial charge on any atom is -0.468 e. The number of hydrogen-bond donors (Lipinski definition) is 1. The highest BCUT2D eigenvalue weighted by Crippen LogP contribution is 2.25. The van der Waals surface area contributed by atoms with Crippen LogP contribution in [0, 0.1) is 0 Å². The van der Waals surface area contributed by atoms with E-state index in [2.05, 4.69) is 5.32 Å². The molecule has 1 saturated heterocycles. The number of esters is 1. The van der Waals surface area contributed by atoms with E-state index in [9.17, 15) is 4.79 Å². The van der Waals surface area contributed by atoms with Crippen LogP contribution in [0.3, 0.4) is 0 Å². The molecule has 2 fully saturated rings. The monoisotopic (exact) mass is 271 g/mol. The van der Waals surface area contributed by atoms with Gasteiger partial charge in [-0.15, -0.1) is 0 Å². The van der Waals surface area contributed by atoms with Crippen molar-refractivity contribution < 1.29 is 19.0 Å². The summed E-state index contributed by atoms with van der Waals surface area (Å²) in [6, 6.07) is 0.465. The fourth-order valence-electron chi connectivity index (χ4n) is 2.41. The fraction of sp³-hybridized carbons (Fsp3) is 0.929. The van der Waals surface area contributed by atoms with Gasteiger partial charge in [-0.1, -0.05) is 0 Å². The molecule has 1 N–H and O–H groups in total. The maximum atomic E-state index is 11.9. The van der Waals surface area contributed by atoms with E-state index in [1.54, 1.807) is 0 Å². The molecule has 0 aromatic carbocycles. The van der Waals surface area contributed by atoms with Gasteiger partial charge in [0.15, 0.2) is 0 Å². The average Bonchev–Trinajstić information content (AvgIpc) is 3.22. The molecule has 0 aromatic rings. The van der Waals surface area contributed by atoms with E-state index in [1.165, 1.54) is 7.11 Å². The van der Waals surface area contributed by atoms with E-state index in [1.807, 2.05) is 6.92 Å². The van der Waals surface area contributed by atoms with Gasteiger partial charge in [-0.3, -0.25) is 10.1 Å². The van der Waals surface area contributed by atoms with Crippen LogP contribution in [0.25, 0.3) is 0 Å². The summed E-state index contributed by atoms with van der Waals surface area (Å²) < 4.78 is 16.1. The highest BCUT2D eigenvalue weighted by Gasteiger charge is 2.39. The molecule has 2 rings (SSSR count). The van der Waals surface area contributed by atoms with Crippen molar-refractivity contribution in [2.75, 3.05) is 26.9 Å². The Hall–Kier alpha value is -0.650. The lowest BCUT2D eigenvalue weighted by Crippen LogP contribution is -2.52. The van der Waals surface area contributed by atoms with Gasteiger partial charge in [0, 0.05) is 25.9 Å². The molecule has 2 aliphatic rings. The van der Waals surface area contributed by atoms with Crippen molar-refractivity contribution in [3.63, 3.8) is 0 Å². The van der Waals surface area contributed by atoms with Crippen LogP contribution in [0.4, 0.5) is 0 Å². The molecule has 0 radical (unpaired) electrons. The summed E-state index contributed by atoms with van der Waals surface area (Å²) in [6.07, 6.45) is 5.11. The maximum absolute atomic E-state index is 11.9. The summed E-state index contributed by atoms with van der Waals surface area (Å²) in [5, 5.41) is 3.38. The van der Waals surface area contributed by atoms with Crippen LogP contribution < -0.4 is 5.32 Å². The zero-order chi connectivity index (χ0) is 13.7. The number of hydrogen-bond acceptors (Lipinski definition) is 5. The van der Waals surface area contributed by atoms with Gasteiger partial charge in [0.25, 0.3) is 0 Å². The molecule has 5 heteroatoms. The Morgan fingerprint density at radius 1 is 1.32 bits per heavy atom. The number of carbonyl (C=O) groups is 1. The second-order valence-corrected chi connectivity index (χ2v) is 5.67. The van der Waals surface area contributed by atoms with Gasteiger partial charge in [-0.2, -0.15) is 0 Å². The lowest BCUT2D eigenvalue weighted by molar-refractivity contribution is -0.149. The fourth-order valence-corrected chi connectivity index (χ4v) is 2.41. The largest absolute Gasteiger partial charge is 0.468 e. The molecule has 1 unspecified atom stereocenters. The first-order valence-electron chi connectivity index (χ1n) is 7.19. The quantitative estimate of drug-likeness (QED) is 0.706. The summed E-state index contributed by atoms with van der Waals surface area (Å²) >= 11 is 0. The molecule has 1 aliphatic heterocycles. The minimum absolute atomic E-state index is 0.199. The van der Waals surface area contributed by atoms with Crippen molar-refractivity contribution in [2.45, 2.75) is 56.7 Å². The molecule has 0 amide bonds. The molecule has 110 valence electrons. The van der Waals surface area contributed by atoms with E-state index in [0.29, 0.717) is 19.1 Å². The van der Waals surface area contributed by atoms with Gasteiger partial charge in [0.05, 0.1) is 13.2 Å². The third-order valence-corrected chi connectivity index (χ3v) is 3.86. The molecule has 1 saturated carbocycles. The third kappa shape index (κ3) is 4.44. The molecule has 1 atom stereocenters. The molecular weight excluding hydrogens is 246 g/mol. The lowest BCUT2D eigenvalue weighted by Gasteiger charge is -2.29. The second kappa shape index (κ2) is 6.68. The highest BCUT2D eigenvalue weighted by atomic mass is 16.5. The summed E-state index contributed by atoms with van der Waals surface area (Å²) in [5.74, 6) is -0.199. The van der Waals surface area contributed by atoms with E-state index in [4.69, 9.17) is 14.2 Å². The molecule has 19 heavy (non-hydrogen) atoms. The van der Waals surface area contributed by atoms with E-state index in [0.717, 1.165) is 38.9 Å². The van der Waals surface area contributed by atoms with Crippen molar-refractivity contribution in [1.82, 2.24) is 5.32 Å². The first-order valence-corrected chi connectivity index (χ1v) is 7.19. The summed E-state index contributed by atoms with van der Waals surface area (Å²) in [7, 11) is 1.44. The van der Waals surface area contributed by atoms with E-state index < -0.39 is 5.54 Å². The predicted octanol–water partition coefficient (Wildman–Crippen LogP) is 1.26. The Morgan fingerprint density at radius 3 is 2.58 bits per heavy atom. The van der Waals surface area contributed by atoms with Gasteiger partial charge in [0.1, 0.15) is 5.54 Å². The molecule has 1 heterocycles. The van der Waals surface area contributed by atoms with Crippen LogP contribution in [0.1, 0.15) is 39.0 Å². The Morgan fingerprint density at radius 2 is 2.00 bits per heavy atom. The molecule has 0 aromatic heterocycles. The molecule has 5 nitrogen and oxygen atoms in total. The topological polar surface area (TPSA) is 56.8 Å².